The molecule has 0 unspecified atom stereocenters. The number of nitrogens with one attached hydrogen (secondary N) is 1. The van der Waals surface area contributed by atoms with E-state index in [1.807, 2.05) is 0 Å². The van der Waals surface area contributed by atoms with Crippen molar-refractivity contribution in [1.82, 2.24) is 5.16 Å². The number of nitrogens with zero attached hydrogens (tertiary/aromatic N) is 1. The minimum absolute atomic E-state index is 0.0686. The van der Waals surface area contributed by atoms with Gasteiger partial charge in [0.2, 0.25) is 0 Å². The van der Waals surface area contributed by atoms with Crippen molar-refractivity contribution in [3.05, 3.63) is 35.6 Å². The summed E-state index contributed by atoms with van der Waals surface area (Å²) in [7, 11) is -5.53. The number of alkyl halides is 3. The molecular weight excluding hydrogens is 321 g/mol. The maximum atomic E-state index is 12.4. The Bertz CT molecular complexity index is 714. The van der Waals surface area contributed by atoms with Crippen molar-refractivity contribution >= 4 is 27.3 Å². The maximum Gasteiger partial charge on any atom is 0.516 e. The van der Waals surface area contributed by atoms with E-state index in [-0.39, 0.29) is 22.0 Å². The highest BCUT2D eigenvalue weighted by molar-refractivity contribution is 7.93. The largest absolute Gasteiger partial charge is 0.516 e. The molecule has 0 aliphatic heterocycles. The van der Waals surface area contributed by atoms with Gasteiger partial charge in [0.1, 0.15) is 12.0 Å². The fourth-order valence-electron chi connectivity index (χ4n) is 1.37. The van der Waals surface area contributed by atoms with Gasteiger partial charge in [-0.05, 0) is 18.2 Å². The van der Waals surface area contributed by atoms with Crippen LogP contribution in [0.2, 0.25) is 5.02 Å². The molecule has 10 heteroatoms. The summed E-state index contributed by atoms with van der Waals surface area (Å²) in [5, 5.41) is 3.74. The van der Waals surface area contributed by atoms with Gasteiger partial charge in [0.25, 0.3) is 0 Å². The summed E-state index contributed by atoms with van der Waals surface area (Å²) in [5.41, 5.74) is -5.51. The minimum atomic E-state index is -5.53. The molecule has 0 spiro atoms. The van der Waals surface area contributed by atoms with E-state index >= 15 is 0 Å². The monoisotopic (exact) mass is 326 g/mol. The lowest BCUT2D eigenvalue weighted by atomic mass is 10.1. The van der Waals surface area contributed by atoms with Crippen LogP contribution in [0.5, 0.6) is 0 Å². The Hall–Kier alpha value is -1.74. The summed E-state index contributed by atoms with van der Waals surface area (Å²) in [6.45, 7) is 0. The SMILES string of the molecule is O=S(=O)(Nc1ccc(Cl)cc1-c1ccon1)C(F)(F)F. The van der Waals surface area contributed by atoms with E-state index in [2.05, 4.69) is 9.68 Å². The van der Waals surface area contributed by atoms with Gasteiger partial charge >= 0.3 is 15.5 Å². The molecule has 1 aromatic heterocycles. The van der Waals surface area contributed by atoms with Crippen molar-refractivity contribution in [2.24, 2.45) is 0 Å². The molecule has 0 aliphatic rings. The van der Waals surface area contributed by atoms with Crippen LogP contribution >= 0.6 is 11.6 Å². The van der Waals surface area contributed by atoms with E-state index in [4.69, 9.17) is 11.6 Å². The Morgan fingerprint density at radius 2 is 1.95 bits per heavy atom. The average Bonchev–Trinajstić information content (AvgIpc) is 2.83. The van der Waals surface area contributed by atoms with Crippen molar-refractivity contribution in [1.29, 1.82) is 0 Å². The molecule has 0 radical (unpaired) electrons. The first kappa shape index (κ1) is 14.7. The standard InChI is InChI=1S/C10H6ClF3N2O3S/c11-6-1-2-9(16-20(17,18)10(12,13)14)7(5-6)8-3-4-19-15-8/h1-5,16H. The second kappa shape index (κ2) is 4.98. The van der Waals surface area contributed by atoms with Gasteiger partial charge in [0.15, 0.2) is 0 Å². The Kier molecular flexibility index (Phi) is 3.65. The third-order valence-electron chi connectivity index (χ3n) is 2.24. The van der Waals surface area contributed by atoms with E-state index in [0.29, 0.717) is 0 Å². The normalized spacial score (nSPS) is 12.4. The second-order valence-electron chi connectivity index (χ2n) is 3.63. The zero-order valence-electron chi connectivity index (χ0n) is 9.48. The zero-order chi connectivity index (χ0) is 15.0. The highest BCUT2D eigenvalue weighted by Crippen LogP contribution is 2.33. The van der Waals surface area contributed by atoms with Gasteiger partial charge in [-0.15, -0.1) is 0 Å². The fourth-order valence-corrected chi connectivity index (χ4v) is 2.13. The minimum Gasteiger partial charge on any atom is -0.364 e. The molecule has 0 saturated carbocycles. The molecule has 108 valence electrons. The van der Waals surface area contributed by atoms with Gasteiger partial charge in [-0.3, -0.25) is 4.72 Å². The van der Waals surface area contributed by atoms with Crippen molar-refractivity contribution in [2.45, 2.75) is 5.51 Å². The van der Waals surface area contributed by atoms with Crippen LogP contribution in [0.4, 0.5) is 18.9 Å². The van der Waals surface area contributed by atoms with Crippen LogP contribution in [0.1, 0.15) is 0 Å². The smallest absolute Gasteiger partial charge is 0.364 e. The number of benzene rings is 1. The highest BCUT2D eigenvalue weighted by atomic mass is 35.5. The summed E-state index contributed by atoms with van der Waals surface area (Å²) in [6.07, 6.45) is 1.19. The second-order valence-corrected chi connectivity index (χ2v) is 5.74. The van der Waals surface area contributed by atoms with E-state index in [9.17, 15) is 21.6 Å². The summed E-state index contributed by atoms with van der Waals surface area (Å²) in [6, 6.07) is 4.99. The molecule has 2 rings (SSSR count). The molecule has 20 heavy (non-hydrogen) atoms. The van der Waals surface area contributed by atoms with Gasteiger partial charge in [0.05, 0.1) is 5.69 Å². The van der Waals surface area contributed by atoms with E-state index in [1.165, 1.54) is 29.2 Å². The van der Waals surface area contributed by atoms with Gasteiger partial charge in [-0.1, -0.05) is 16.8 Å². The lowest BCUT2D eigenvalue weighted by Gasteiger charge is -2.13. The molecule has 1 aromatic carbocycles. The number of anilines is 1. The van der Waals surface area contributed by atoms with Crippen LogP contribution in [-0.2, 0) is 10.0 Å². The molecule has 1 N–H and O–H groups in total. The molecule has 0 amide bonds. The van der Waals surface area contributed by atoms with Crippen LogP contribution in [0.15, 0.2) is 35.1 Å². The van der Waals surface area contributed by atoms with Crippen LogP contribution in [0.3, 0.4) is 0 Å². The van der Waals surface area contributed by atoms with Crippen molar-refractivity contribution in [2.75, 3.05) is 4.72 Å². The molecule has 0 aliphatic carbocycles. The van der Waals surface area contributed by atoms with Crippen LogP contribution < -0.4 is 4.72 Å². The predicted molar refractivity (Wildman–Crippen MR) is 65.5 cm³/mol. The van der Waals surface area contributed by atoms with Gasteiger partial charge < -0.3 is 4.52 Å². The number of sulfonamides is 1. The first-order valence-electron chi connectivity index (χ1n) is 5.00. The Morgan fingerprint density at radius 1 is 1.25 bits per heavy atom. The Labute approximate surface area is 116 Å². The van der Waals surface area contributed by atoms with Crippen molar-refractivity contribution < 1.29 is 26.1 Å². The van der Waals surface area contributed by atoms with Crippen LogP contribution in [0.25, 0.3) is 11.3 Å². The molecule has 1 heterocycles. The number of hydrogen-bond donors (Lipinski definition) is 1. The maximum absolute atomic E-state index is 12.4. The number of hydrogen-bond acceptors (Lipinski definition) is 4. The van der Waals surface area contributed by atoms with Gasteiger partial charge in [-0.2, -0.15) is 21.6 Å². The fraction of sp³-hybridized carbons (Fsp3) is 0.100. The third-order valence-corrected chi connectivity index (χ3v) is 3.58. The zero-order valence-corrected chi connectivity index (χ0v) is 11.1. The Balaban J connectivity index is 2.49. The van der Waals surface area contributed by atoms with E-state index in [1.54, 1.807) is 0 Å². The van der Waals surface area contributed by atoms with Gasteiger partial charge in [-0.25, -0.2) is 0 Å². The molecule has 0 bridgehead atoms. The summed E-state index contributed by atoms with van der Waals surface area (Å²) < 4.78 is 65.3. The van der Waals surface area contributed by atoms with Crippen molar-refractivity contribution in [3.63, 3.8) is 0 Å². The molecule has 0 fully saturated rings. The molecule has 0 saturated heterocycles. The number of halogens is 4. The number of aromatic nitrogens is 1. The summed E-state index contributed by atoms with van der Waals surface area (Å²) in [4.78, 5) is 0. The predicted octanol–water partition coefficient (Wildman–Crippen LogP) is 3.26. The first-order valence-corrected chi connectivity index (χ1v) is 6.86. The van der Waals surface area contributed by atoms with Crippen LogP contribution in [-0.4, -0.2) is 19.1 Å². The molecule has 5 nitrogen and oxygen atoms in total. The number of rotatable bonds is 3. The Morgan fingerprint density at radius 3 is 2.50 bits per heavy atom. The van der Waals surface area contributed by atoms with E-state index < -0.39 is 15.5 Å². The van der Waals surface area contributed by atoms with Crippen LogP contribution in [0, 0.1) is 0 Å². The summed E-state index contributed by atoms with van der Waals surface area (Å²) >= 11 is 5.74. The third kappa shape index (κ3) is 2.88. The molecular formula is C10H6ClF3N2O3S. The quantitative estimate of drug-likeness (QED) is 0.939. The lowest BCUT2D eigenvalue weighted by molar-refractivity contribution is -0.0429. The average molecular weight is 327 g/mol. The van der Waals surface area contributed by atoms with Gasteiger partial charge in [0, 0.05) is 16.7 Å². The first-order chi connectivity index (χ1) is 9.21. The molecule has 0 atom stereocenters. The van der Waals surface area contributed by atoms with Crippen molar-refractivity contribution in [3.8, 4) is 11.3 Å². The lowest BCUT2D eigenvalue weighted by Crippen LogP contribution is -2.30. The van der Waals surface area contributed by atoms with E-state index in [0.717, 1.165) is 6.07 Å². The summed E-state index contributed by atoms with van der Waals surface area (Å²) in [5.74, 6) is 0. The topological polar surface area (TPSA) is 72.2 Å². The molecule has 2 aromatic rings. The highest BCUT2D eigenvalue weighted by Gasteiger charge is 2.46.